The minimum Gasteiger partial charge on any atom is -0.360 e. The summed E-state index contributed by atoms with van der Waals surface area (Å²) in [5, 5.41) is 3.94. The van der Waals surface area contributed by atoms with E-state index in [0.29, 0.717) is 0 Å². The Morgan fingerprint density at radius 1 is 1.47 bits per heavy atom. The average Bonchev–Trinajstić information content (AvgIpc) is 2.59. The van der Waals surface area contributed by atoms with Crippen LogP contribution in [0.2, 0.25) is 0 Å². The maximum Gasteiger partial charge on any atom is 0.138 e. The van der Waals surface area contributed by atoms with Crippen LogP contribution in [0.3, 0.4) is 0 Å². The highest BCUT2D eigenvalue weighted by Crippen LogP contribution is 2.32. The van der Waals surface area contributed by atoms with Crippen LogP contribution in [-0.2, 0) is 4.84 Å². The van der Waals surface area contributed by atoms with Crippen molar-refractivity contribution in [3.63, 3.8) is 0 Å². The summed E-state index contributed by atoms with van der Waals surface area (Å²) in [7, 11) is 1.58. The lowest BCUT2D eigenvalue weighted by Gasteiger charge is -2.06. The molecule has 4 heteroatoms. The summed E-state index contributed by atoms with van der Waals surface area (Å²) in [5.74, 6) is 6.36. The van der Waals surface area contributed by atoms with E-state index in [1.807, 2.05) is 6.07 Å². The van der Waals surface area contributed by atoms with Gasteiger partial charge in [-0.2, -0.15) is 0 Å². The fraction of sp³-hybridized carbons (Fsp3) is 0.385. The van der Waals surface area contributed by atoms with Crippen LogP contribution in [-0.4, -0.2) is 7.11 Å². The van der Waals surface area contributed by atoms with Gasteiger partial charge in [0.1, 0.15) is 5.00 Å². The van der Waals surface area contributed by atoms with Crippen LogP contribution in [0.15, 0.2) is 18.8 Å². The molecule has 0 spiro atoms. The van der Waals surface area contributed by atoms with Crippen molar-refractivity contribution in [3.8, 4) is 11.8 Å². The number of anilines is 2. The molecular weight excluding hydrogens is 232 g/mol. The minimum absolute atomic E-state index is 0.00483. The molecule has 1 aromatic heterocycles. The molecule has 17 heavy (non-hydrogen) atoms. The van der Waals surface area contributed by atoms with Crippen molar-refractivity contribution in [1.82, 2.24) is 0 Å². The van der Waals surface area contributed by atoms with E-state index in [9.17, 15) is 0 Å². The zero-order valence-electron chi connectivity index (χ0n) is 10.7. The van der Waals surface area contributed by atoms with Crippen molar-refractivity contribution < 1.29 is 4.84 Å². The van der Waals surface area contributed by atoms with Crippen LogP contribution in [0.4, 0.5) is 10.7 Å². The van der Waals surface area contributed by atoms with E-state index in [2.05, 4.69) is 50.0 Å². The normalized spacial score (nSPS) is 10.4. The van der Waals surface area contributed by atoms with Crippen LogP contribution in [0, 0.1) is 17.3 Å². The lowest BCUT2D eigenvalue weighted by Crippen LogP contribution is -1.98. The highest BCUT2D eigenvalue weighted by molar-refractivity contribution is 7.17. The maximum absolute atomic E-state index is 4.91. The Balaban J connectivity index is 2.97. The average molecular weight is 250 g/mol. The van der Waals surface area contributed by atoms with Crippen molar-refractivity contribution >= 4 is 22.0 Å². The van der Waals surface area contributed by atoms with Gasteiger partial charge in [0.2, 0.25) is 0 Å². The van der Waals surface area contributed by atoms with Gasteiger partial charge in [-0.1, -0.05) is 18.4 Å². The predicted molar refractivity (Wildman–Crippen MR) is 75.1 cm³/mol. The van der Waals surface area contributed by atoms with Crippen LogP contribution in [0.5, 0.6) is 0 Å². The predicted octanol–water partition coefficient (Wildman–Crippen LogP) is 3.67. The Morgan fingerprint density at radius 2 is 2.18 bits per heavy atom. The second-order valence-electron chi connectivity index (χ2n) is 4.51. The first-order valence-corrected chi connectivity index (χ1v) is 6.11. The van der Waals surface area contributed by atoms with Crippen molar-refractivity contribution in [2.24, 2.45) is 5.41 Å². The third-order valence-electron chi connectivity index (χ3n) is 1.75. The summed E-state index contributed by atoms with van der Waals surface area (Å²) >= 11 is 1.54. The molecular formula is C13H18N2OS. The minimum atomic E-state index is 0.00483. The maximum atomic E-state index is 4.91. The molecule has 0 bridgehead atoms. The fourth-order valence-corrected chi connectivity index (χ4v) is 1.94. The first kappa shape index (κ1) is 13.6. The quantitative estimate of drug-likeness (QED) is 0.632. The molecule has 0 amide bonds. The topological polar surface area (TPSA) is 33.3 Å². The third kappa shape index (κ3) is 4.51. The molecule has 1 rings (SSSR count). The first-order valence-electron chi connectivity index (χ1n) is 5.29. The van der Waals surface area contributed by atoms with Crippen molar-refractivity contribution in [3.05, 3.63) is 23.7 Å². The summed E-state index contributed by atoms with van der Waals surface area (Å²) < 4.78 is 0. The Kier molecular flexibility index (Phi) is 4.62. The molecule has 0 aromatic carbocycles. The molecule has 0 atom stereocenters. The van der Waals surface area contributed by atoms with Gasteiger partial charge in [-0.25, -0.2) is 0 Å². The smallest absolute Gasteiger partial charge is 0.138 e. The van der Waals surface area contributed by atoms with Crippen LogP contribution in [0.25, 0.3) is 0 Å². The molecule has 0 aliphatic carbocycles. The molecule has 1 aromatic rings. The molecule has 0 unspecified atom stereocenters. The van der Waals surface area contributed by atoms with Gasteiger partial charge in [0.05, 0.1) is 17.7 Å². The Labute approximate surface area is 107 Å². The summed E-state index contributed by atoms with van der Waals surface area (Å²) in [6.45, 7) is 9.90. The number of hydrogen-bond acceptors (Lipinski definition) is 4. The summed E-state index contributed by atoms with van der Waals surface area (Å²) in [5.41, 5.74) is 3.75. The zero-order chi connectivity index (χ0) is 12.9. The number of nitrogens with one attached hydrogen (secondary N) is 2. The van der Waals surface area contributed by atoms with E-state index < -0.39 is 0 Å². The highest BCUT2D eigenvalue weighted by atomic mass is 32.1. The van der Waals surface area contributed by atoms with Gasteiger partial charge in [0.15, 0.2) is 0 Å². The Hall–Kier alpha value is -1.44. The zero-order valence-corrected chi connectivity index (χ0v) is 11.5. The number of rotatable bonds is 4. The molecule has 0 aliphatic rings. The van der Waals surface area contributed by atoms with Crippen LogP contribution >= 0.6 is 11.3 Å². The number of thiophene rings is 1. The largest absolute Gasteiger partial charge is 0.360 e. The molecule has 0 aliphatic heterocycles. The van der Waals surface area contributed by atoms with E-state index >= 15 is 0 Å². The molecule has 0 saturated heterocycles. The molecule has 1 heterocycles. The Morgan fingerprint density at radius 3 is 2.71 bits per heavy atom. The van der Waals surface area contributed by atoms with Crippen molar-refractivity contribution in [1.29, 1.82) is 0 Å². The van der Waals surface area contributed by atoms with E-state index in [1.54, 1.807) is 24.6 Å². The van der Waals surface area contributed by atoms with E-state index in [1.165, 1.54) is 0 Å². The summed E-state index contributed by atoms with van der Waals surface area (Å²) in [6.07, 6.45) is 1.63. The number of hydrogen-bond donors (Lipinski definition) is 2. The van der Waals surface area contributed by atoms with Gasteiger partial charge >= 0.3 is 0 Å². The standard InChI is InChI=1S/C13H18N2OS/c1-6-14-11-9-10(7-8-13(2,3)4)17-12(11)15-16-5/h6,9,14-15H,1H2,2-5H3. The molecule has 0 radical (unpaired) electrons. The molecule has 2 N–H and O–H groups in total. The second kappa shape index (κ2) is 5.76. The van der Waals surface area contributed by atoms with Gasteiger partial charge in [-0.3, -0.25) is 10.3 Å². The van der Waals surface area contributed by atoms with Crippen molar-refractivity contribution in [2.75, 3.05) is 17.9 Å². The van der Waals surface area contributed by atoms with E-state index in [-0.39, 0.29) is 5.41 Å². The lowest BCUT2D eigenvalue weighted by molar-refractivity contribution is 0.272. The molecule has 92 valence electrons. The van der Waals surface area contributed by atoms with E-state index in [0.717, 1.165) is 15.6 Å². The lowest BCUT2D eigenvalue weighted by atomic mass is 9.98. The van der Waals surface area contributed by atoms with Crippen LogP contribution in [0.1, 0.15) is 25.6 Å². The molecule has 0 fully saturated rings. The third-order valence-corrected chi connectivity index (χ3v) is 2.69. The monoisotopic (exact) mass is 250 g/mol. The van der Waals surface area contributed by atoms with Crippen LogP contribution < -0.4 is 10.8 Å². The fourth-order valence-electron chi connectivity index (χ4n) is 1.09. The van der Waals surface area contributed by atoms with E-state index in [4.69, 9.17) is 4.84 Å². The highest BCUT2D eigenvalue weighted by Gasteiger charge is 2.08. The van der Waals surface area contributed by atoms with Gasteiger partial charge in [-0.15, -0.1) is 11.3 Å². The van der Waals surface area contributed by atoms with Gasteiger partial charge in [-0.05, 0) is 33.0 Å². The second-order valence-corrected chi connectivity index (χ2v) is 5.56. The Bertz CT molecular complexity index is 446. The van der Waals surface area contributed by atoms with Gasteiger partial charge < -0.3 is 5.32 Å². The first-order chi connectivity index (χ1) is 7.96. The van der Waals surface area contributed by atoms with Crippen molar-refractivity contribution in [2.45, 2.75) is 20.8 Å². The summed E-state index contributed by atoms with van der Waals surface area (Å²) in [4.78, 5) is 5.90. The molecule has 3 nitrogen and oxygen atoms in total. The van der Waals surface area contributed by atoms with Gasteiger partial charge in [0.25, 0.3) is 0 Å². The van der Waals surface area contributed by atoms with Gasteiger partial charge in [0, 0.05) is 5.41 Å². The molecule has 0 saturated carbocycles. The SMILES string of the molecule is C=CNc1cc(C#CC(C)(C)C)sc1NOC. The summed E-state index contributed by atoms with van der Waals surface area (Å²) in [6, 6.07) is 1.98.